The van der Waals surface area contributed by atoms with E-state index < -0.39 is 0 Å². The molecular weight excluding hydrogens is 228 g/mol. The van der Waals surface area contributed by atoms with Crippen LogP contribution in [0.2, 0.25) is 0 Å². The summed E-state index contributed by atoms with van der Waals surface area (Å²) in [6.45, 7) is 8.48. The van der Waals surface area contributed by atoms with Gasteiger partial charge in [-0.25, -0.2) is 0 Å². The van der Waals surface area contributed by atoms with Gasteiger partial charge in [0.05, 0.1) is 18.3 Å². The van der Waals surface area contributed by atoms with Gasteiger partial charge in [-0.15, -0.1) is 0 Å². The number of hydrogen-bond acceptors (Lipinski definition) is 4. The molecule has 2 aliphatic rings. The standard InChI is InChI=1S/C14H28N2O2/c1-14(2)6-5-13(18-14)11-16(8-9-17)10-12-4-3-7-15-12/h12-13,15,17H,3-11H2,1-2H3. The van der Waals surface area contributed by atoms with Crippen LogP contribution in [0.5, 0.6) is 0 Å². The molecular formula is C14H28N2O2. The van der Waals surface area contributed by atoms with Crippen molar-refractivity contribution >= 4 is 0 Å². The molecule has 0 aromatic carbocycles. The van der Waals surface area contributed by atoms with Gasteiger partial charge in [-0.05, 0) is 46.1 Å². The van der Waals surface area contributed by atoms with Crippen LogP contribution in [0.1, 0.15) is 39.5 Å². The minimum absolute atomic E-state index is 0.0428. The predicted molar refractivity (Wildman–Crippen MR) is 72.7 cm³/mol. The molecule has 0 aromatic rings. The van der Waals surface area contributed by atoms with Crippen molar-refractivity contribution < 1.29 is 9.84 Å². The molecule has 0 bridgehead atoms. The van der Waals surface area contributed by atoms with E-state index in [1.807, 2.05) is 0 Å². The number of nitrogens with one attached hydrogen (secondary N) is 1. The largest absolute Gasteiger partial charge is 0.395 e. The Bertz CT molecular complexity index is 252. The van der Waals surface area contributed by atoms with Crippen LogP contribution in [-0.4, -0.2) is 60.5 Å². The Morgan fingerprint density at radius 1 is 1.33 bits per heavy atom. The molecule has 2 aliphatic heterocycles. The summed E-state index contributed by atoms with van der Waals surface area (Å²) in [6, 6.07) is 0.603. The van der Waals surface area contributed by atoms with Crippen LogP contribution in [-0.2, 0) is 4.74 Å². The highest BCUT2D eigenvalue weighted by molar-refractivity contribution is 4.84. The third-order valence-electron chi connectivity index (χ3n) is 4.07. The first-order valence-corrected chi connectivity index (χ1v) is 7.33. The smallest absolute Gasteiger partial charge is 0.0710 e. The normalized spacial score (nSPS) is 31.3. The molecule has 2 rings (SSSR count). The fraction of sp³-hybridized carbons (Fsp3) is 1.00. The van der Waals surface area contributed by atoms with E-state index in [1.54, 1.807) is 0 Å². The van der Waals surface area contributed by atoms with E-state index in [0.29, 0.717) is 12.1 Å². The number of rotatable bonds is 6. The van der Waals surface area contributed by atoms with Gasteiger partial charge in [0, 0.05) is 25.7 Å². The van der Waals surface area contributed by atoms with Crippen LogP contribution < -0.4 is 5.32 Å². The van der Waals surface area contributed by atoms with Gasteiger partial charge >= 0.3 is 0 Å². The van der Waals surface area contributed by atoms with Gasteiger partial charge in [0.15, 0.2) is 0 Å². The van der Waals surface area contributed by atoms with Gasteiger partial charge in [0.1, 0.15) is 0 Å². The van der Waals surface area contributed by atoms with E-state index in [4.69, 9.17) is 4.74 Å². The summed E-state index contributed by atoms with van der Waals surface area (Å²) in [5, 5.41) is 12.7. The Balaban J connectivity index is 1.78. The third kappa shape index (κ3) is 4.19. The van der Waals surface area contributed by atoms with Crippen LogP contribution in [0.25, 0.3) is 0 Å². The quantitative estimate of drug-likeness (QED) is 0.744. The van der Waals surface area contributed by atoms with E-state index >= 15 is 0 Å². The average Bonchev–Trinajstić information content (AvgIpc) is 2.89. The van der Waals surface area contributed by atoms with Crippen molar-refractivity contribution in [2.24, 2.45) is 0 Å². The van der Waals surface area contributed by atoms with Crippen molar-refractivity contribution in [1.82, 2.24) is 10.2 Å². The summed E-state index contributed by atoms with van der Waals surface area (Å²) in [7, 11) is 0. The molecule has 106 valence electrons. The van der Waals surface area contributed by atoms with Crippen molar-refractivity contribution in [3.8, 4) is 0 Å². The zero-order chi connectivity index (χ0) is 13.0. The number of aliphatic hydroxyl groups excluding tert-OH is 1. The molecule has 2 heterocycles. The van der Waals surface area contributed by atoms with Gasteiger partial charge in [0.2, 0.25) is 0 Å². The maximum atomic E-state index is 9.18. The highest BCUT2D eigenvalue weighted by atomic mass is 16.5. The fourth-order valence-corrected chi connectivity index (χ4v) is 3.12. The van der Waals surface area contributed by atoms with E-state index in [0.717, 1.165) is 39.0 Å². The lowest BCUT2D eigenvalue weighted by Crippen LogP contribution is -2.42. The number of nitrogens with zero attached hydrogens (tertiary/aromatic N) is 1. The number of hydrogen-bond donors (Lipinski definition) is 2. The molecule has 18 heavy (non-hydrogen) atoms. The first-order chi connectivity index (χ1) is 8.59. The van der Waals surface area contributed by atoms with Crippen molar-refractivity contribution in [3.05, 3.63) is 0 Å². The predicted octanol–water partition coefficient (Wildman–Crippen LogP) is 0.990. The molecule has 2 unspecified atom stereocenters. The Kier molecular flexibility index (Phi) is 5.01. The van der Waals surface area contributed by atoms with Gasteiger partial charge < -0.3 is 15.2 Å². The molecule has 2 atom stereocenters. The highest BCUT2D eigenvalue weighted by Gasteiger charge is 2.32. The zero-order valence-electron chi connectivity index (χ0n) is 11.8. The average molecular weight is 256 g/mol. The summed E-state index contributed by atoms with van der Waals surface area (Å²) < 4.78 is 6.05. The minimum atomic E-state index is 0.0428. The molecule has 2 fully saturated rings. The first-order valence-electron chi connectivity index (χ1n) is 7.33. The monoisotopic (exact) mass is 256 g/mol. The van der Waals surface area contributed by atoms with Crippen molar-refractivity contribution in [2.45, 2.75) is 57.3 Å². The summed E-state index contributed by atoms with van der Waals surface area (Å²) in [5.74, 6) is 0. The molecule has 0 spiro atoms. The Hall–Kier alpha value is -0.160. The Morgan fingerprint density at radius 2 is 2.17 bits per heavy atom. The summed E-state index contributed by atoms with van der Waals surface area (Å²) >= 11 is 0. The van der Waals surface area contributed by atoms with Gasteiger partial charge in [-0.3, -0.25) is 4.90 Å². The minimum Gasteiger partial charge on any atom is -0.395 e. The van der Waals surface area contributed by atoms with Crippen LogP contribution in [0.3, 0.4) is 0 Å². The second kappa shape index (κ2) is 6.33. The second-order valence-electron chi connectivity index (χ2n) is 6.31. The van der Waals surface area contributed by atoms with E-state index in [9.17, 15) is 5.11 Å². The molecule has 2 N–H and O–H groups in total. The maximum Gasteiger partial charge on any atom is 0.0710 e. The molecule has 4 nitrogen and oxygen atoms in total. The second-order valence-corrected chi connectivity index (χ2v) is 6.31. The third-order valence-corrected chi connectivity index (χ3v) is 4.07. The molecule has 0 amide bonds. The Morgan fingerprint density at radius 3 is 2.72 bits per heavy atom. The maximum absolute atomic E-state index is 9.18. The van der Waals surface area contributed by atoms with Crippen LogP contribution in [0.15, 0.2) is 0 Å². The van der Waals surface area contributed by atoms with Crippen molar-refractivity contribution in [3.63, 3.8) is 0 Å². The van der Waals surface area contributed by atoms with Crippen LogP contribution >= 0.6 is 0 Å². The lowest BCUT2D eigenvalue weighted by Gasteiger charge is -2.28. The summed E-state index contributed by atoms with van der Waals surface area (Å²) in [4.78, 5) is 2.36. The van der Waals surface area contributed by atoms with Gasteiger partial charge in [-0.1, -0.05) is 0 Å². The van der Waals surface area contributed by atoms with Crippen LogP contribution in [0.4, 0.5) is 0 Å². The van der Waals surface area contributed by atoms with Crippen molar-refractivity contribution in [2.75, 3.05) is 32.8 Å². The lowest BCUT2D eigenvalue weighted by atomic mass is 10.1. The summed E-state index contributed by atoms with van der Waals surface area (Å²) in [5.41, 5.74) is 0.0428. The fourth-order valence-electron chi connectivity index (χ4n) is 3.12. The van der Waals surface area contributed by atoms with E-state index in [1.165, 1.54) is 12.8 Å². The molecule has 0 saturated carbocycles. The molecule has 4 heteroatoms. The van der Waals surface area contributed by atoms with E-state index in [2.05, 4.69) is 24.1 Å². The number of aliphatic hydroxyl groups is 1. The summed E-state index contributed by atoms with van der Waals surface area (Å²) in [6.07, 6.45) is 5.18. The molecule has 0 aliphatic carbocycles. The first kappa shape index (κ1) is 14.3. The number of ether oxygens (including phenoxy) is 1. The van der Waals surface area contributed by atoms with Gasteiger partial charge in [-0.2, -0.15) is 0 Å². The molecule has 0 radical (unpaired) electrons. The SMILES string of the molecule is CC1(C)CCC(CN(CCO)CC2CCCN2)O1. The Labute approximate surface area is 111 Å². The van der Waals surface area contributed by atoms with Gasteiger partial charge in [0.25, 0.3) is 0 Å². The van der Waals surface area contributed by atoms with Crippen molar-refractivity contribution in [1.29, 1.82) is 0 Å². The molecule has 0 aromatic heterocycles. The topological polar surface area (TPSA) is 44.7 Å². The zero-order valence-corrected chi connectivity index (χ0v) is 11.8. The molecule has 2 saturated heterocycles. The highest BCUT2D eigenvalue weighted by Crippen LogP contribution is 2.29. The van der Waals surface area contributed by atoms with E-state index in [-0.39, 0.29) is 12.2 Å². The van der Waals surface area contributed by atoms with Crippen LogP contribution in [0, 0.1) is 0 Å². The lowest BCUT2D eigenvalue weighted by molar-refractivity contribution is -0.0306.